The van der Waals surface area contributed by atoms with Gasteiger partial charge in [-0.3, -0.25) is 4.90 Å². The first-order valence-corrected chi connectivity index (χ1v) is 8.14. The van der Waals surface area contributed by atoms with Crippen LogP contribution in [0.3, 0.4) is 0 Å². The molecule has 0 spiro atoms. The fraction of sp³-hybridized carbons (Fsp3) is 0.588. The number of piperidine rings is 1. The Bertz CT molecular complexity index is 444. The monoisotopic (exact) mass is 305 g/mol. The van der Waals surface area contributed by atoms with Crippen LogP contribution in [0.5, 0.6) is 0 Å². The first-order chi connectivity index (χ1) is 10.7. The summed E-state index contributed by atoms with van der Waals surface area (Å²) in [6, 6.07) is 10.3. The van der Waals surface area contributed by atoms with E-state index < -0.39 is 0 Å². The zero-order chi connectivity index (χ0) is 15.8. The maximum absolute atomic E-state index is 12.1. The number of likely N-dealkylation sites (tertiary alicyclic amines) is 1. The highest BCUT2D eigenvalue weighted by Crippen LogP contribution is 2.17. The molecule has 1 amide bonds. The summed E-state index contributed by atoms with van der Waals surface area (Å²) < 4.78 is 5.39. The van der Waals surface area contributed by atoms with Gasteiger partial charge in [0.05, 0.1) is 0 Å². The average Bonchev–Trinajstić information content (AvgIpc) is 2.58. The quantitative estimate of drug-likeness (QED) is 0.874. The molecule has 5 nitrogen and oxygen atoms in total. The summed E-state index contributed by atoms with van der Waals surface area (Å²) in [7, 11) is 0. The van der Waals surface area contributed by atoms with Crippen molar-refractivity contribution < 1.29 is 9.53 Å². The van der Waals surface area contributed by atoms with E-state index in [1.54, 1.807) is 0 Å². The van der Waals surface area contributed by atoms with Gasteiger partial charge >= 0.3 is 6.09 Å². The Kier molecular flexibility index (Phi) is 6.68. The predicted molar refractivity (Wildman–Crippen MR) is 87.5 cm³/mol. The van der Waals surface area contributed by atoms with E-state index in [-0.39, 0.29) is 6.09 Å². The number of amides is 1. The van der Waals surface area contributed by atoms with Gasteiger partial charge in [0, 0.05) is 32.2 Å². The molecule has 1 heterocycles. The summed E-state index contributed by atoms with van der Waals surface area (Å²) in [5, 5.41) is 0. The average molecular weight is 305 g/mol. The Morgan fingerprint density at radius 3 is 2.59 bits per heavy atom. The Morgan fingerprint density at radius 1 is 1.32 bits per heavy atom. The standard InChI is InChI=1S/C17H27N3O2/c1-2-19(13-10-18)16-8-11-20(12-9-16)17(21)22-14-15-6-4-3-5-7-15/h3-7,16H,2,8-14,18H2,1H3. The van der Waals surface area contributed by atoms with Gasteiger partial charge in [0.2, 0.25) is 0 Å². The second-order valence-corrected chi connectivity index (χ2v) is 5.68. The van der Waals surface area contributed by atoms with E-state index in [0.717, 1.165) is 44.6 Å². The third kappa shape index (κ3) is 4.71. The minimum Gasteiger partial charge on any atom is -0.445 e. The number of nitrogens with zero attached hydrogens (tertiary/aromatic N) is 2. The van der Waals surface area contributed by atoms with Gasteiger partial charge in [0.15, 0.2) is 0 Å². The highest BCUT2D eigenvalue weighted by Gasteiger charge is 2.26. The maximum Gasteiger partial charge on any atom is 0.410 e. The largest absolute Gasteiger partial charge is 0.445 e. The highest BCUT2D eigenvalue weighted by atomic mass is 16.6. The van der Waals surface area contributed by atoms with Crippen molar-refractivity contribution in [2.75, 3.05) is 32.7 Å². The minimum absolute atomic E-state index is 0.204. The van der Waals surface area contributed by atoms with E-state index in [1.807, 2.05) is 35.2 Å². The molecule has 1 aliphatic heterocycles. The van der Waals surface area contributed by atoms with Crippen molar-refractivity contribution in [3.8, 4) is 0 Å². The number of carbonyl (C=O) groups is 1. The van der Waals surface area contributed by atoms with Crippen LogP contribution in [0.1, 0.15) is 25.3 Å². The van der Waals surface area contributed by atoms with Crippen molar-refractivity contribution >= 4 is 6.09 Å². The number of hydrogen-bond acceptors (Lipinski definition) is 4. The van der Waals surface area contributed by atoms with Crippen molar-refractivity contribution in [1.29, 1.82) is 0 Å². The fourth-order valence-electron chi connectivity index (χ4n) is 2.99. The summed E-state index contributed by atoms with van der Waals surface area (Å²) in [5.74, 6) is 0. The molecule has 0 aromatic heterocycles. The topological polar surface area (TPSA) is 58.8 Å². The Hall–Kier alpha value is -1.59. The van der Waals surface area contributed by atoms with Crippen molar-refractivity contribution in [3.05, 3.63) is 35.9 Å². The molecule has 2 N–H and O–H groups in total. The Morgan fingerprint density at radius 2 is 2.00 bits per heavy atom. The van der Waals surface area contributed by atoms with Crippen LogP contribution in [0.2, 0.25) is 0 Å². The van der Waals surface area contributed by atoms with Gasteiger partial charge in [-0.2, -0.15) is 0 Å². The molecule has 1 saturated heterocycles. The van der Waals surface area contributed by atoms with Gasteiger partial charge < -0.3 is 15.4 Å². The van der Waals surface area contributed by atoms with Crippen molar-refractivity contribution in [2.45, 2.75) is 32.4 Å². The van der Waals surface area contributed by atoms with Crippen LogP contribution in [0, 0.1) is 0 Å². The number of ether oxygens (including phenoxy) is 1. The van der Waals surface area contributed by atoms with Crippen LogP contribution in [0.25, 0.3) is 0 Å². The lowest BCUT2D eigenvalue weighted by Crippen LogP contribution is -2.48. The lowest BCUT2D eigenvalue weighted by Gasteiger charge is -2.37. The van der Waals surface area contributed by atoms with E-state index in [2.05, 4.69) is 11.8 Å². The first kappa shape index (κ1) is 16.8. The zero-order valence-corrected chi connectivity index (χ0v) is 13.4. The van der Waals surface area contributed by atoms with Gasteiger partial charge in [-0.15, -0.1) is 0 Å². The zero-order valence-electron chi connectivity index (χ0n) is 13.4. The van der Waals surface area contributed by atoms with E-state index in [9.17, 15) is 4.79 Å². The van der Waals surface area contributed by atoms with E-state index >= 15 is 0 Å². The van der Waals surface area contributed by atoms with Gasteiger partial charge in [-0.05, 0) is 24.9 Å². The summed E-state index contributed by atoms with van der Waals surface area (Å²) in [5.41, 5.74) is 6.68. The molecule has 1 aromatic rings. The molecule has 22 heavy (non-hydrogen) atoms. The Labute approximate surface area is 133 Å². The molecule has 0 bridgehead atoms. The van der Waals surface area contributed by atoms with Crippen molar-refractivity contribution in [1.82, 2.24) is 9.80 Å². The van der Waals surface area contributed by atoms with Gasteiger partial charge in [0.25, 0.3) is 0 Å². The van der Waals surface area contributed by atoms with Crippen LogP contribution >= 0.6 is 0 Å². The minimum atomic E-state index is -0.204. The first-order valence-electron chi connectivity index (χ1n) is 8.14. The lowest BCUT2D eigenvalue weighted by atomic mass is 10.0. The van der Waals surface area contributed by atoms with E-state index in [0.29, 0.717) is 19.2 Å². The summed E-state index contributed by atoms with van der Waals surface area (Å²) in [6.07, 6.45) is 1.78. The number of hydrogen-bond donors (Lipinski definition) is 1. The number of benzene rings is 1. The summed E-state index contributed by atoms with van der Waals surface area (Å²) >= 11 is 0. The second-order valence-electron chi connectivity index (χ2n) is 5.68. The van der Waals surface area contributed by atoms with Crippen LogP contribution in [0.4, 0.5) is 4.79 Å². The molecule has 1 fully saturated rings. The molecule has 0 unspecified atom stereocenters. The summed E-state index contributed by atoms with van der Waals surface area (Å²) in [6.45, 7) is 6.66. The lowest BCUT2D eigenvalue weighted by molar-refractivity contribution is 0.0696. The third-order valence-corrected chi connectivity index (χ3v) is 4.27. The van der Waals surface area contributed by atoms with Gasteiger partial charge in [0.1, 0.15) is 6.61 Å². The second kappa shape index (κ2) is 8.76. The molecule has 1 aliphatic rings. The molecule has 0 radical (unpaired) electrons. The van der Waals surface area contributed by atoms with E-state index in [1.165, 1.54) is 0 Å². The molecular formula is C17H27N3O2. The van der Waals surface area contributed by atoms with Crippen LogP contribution in [-0.2, 0) is 11.3 Å². The van der Waals surface area contributed by atoms with Crippen molar-refractivity contribution in [2.24, 2.45) is 5.73 Å². The summed E-state index contributed by atoms with van der Waals surface area (Å²) in [4.78, 5) is 16.3. The van der Waals surface area contributed by atoms with Crippen molar-refractivity contribution in [3.63, 3.8) is 0 Å². The third-order valence-electron chi connectivity index (χ3n) is 4.27. The molecule has 5 heteroatoms. The number of nitrogens with two attached hydrogens (primary N) is 1. The van der Waals surface area contributed by atoms with Crippen LogP contribution < -0.4 is 5.73 Å². The van der Waals surface area contributed by atoms with Gasteiger partial charge in [-0.1, -0.05) is 37.3 Å². The molecule has 0 atom stereocenters. The Balaban J connectivity index is 1.75. The molecule has 1 aromatic carbocycles. The maximum atomic E-state index is 12.1. The number of rotatable bonds is 6. The van der Waals surface area contributed by atoms with E-state index in [4.69, 9.17) is 10.5 Å². The molecule has 0 saturated carbocycles. The smallest absolute Gasteiger partial charge is 0.410 e. The normalized spacial score (nSPS) is 16.0. The van der Waals surface area contributed by atoms with Gasteiger partial charge in [-0.25, -0.2) is 4.79 Å². The SMILES string of the molecule is CCN(CCN)C1CCN(C(=O)OCc2ccccc2)CC1. The molecular weight excluding hydrogens is 278 g/mol. The van der Waals surface area contributed by atoms with Crippen LogP contribution in [0.15, 0.2) is 30.3 Å². The molecule has 0 aliphatic carbocycles. The molecule has 2 rings (SSSR count). The highest BCUT2D eigenvalue weighted by molar-refractivity contribution is 5.67. The predicted octanol–water partition coefficient (Wildman–Crippen LogP) is 2.07. The number of carbonyl (C=O) groups excluding carboxylic acids is 1. The fourth-order valence-corrected chi connectivity index (χ4v) is 2.99. The molecule has 122 valence electrons. The number of likely N-dealkylation sites (N-methyl/N-ethyl adjacent to an activating group) is 1. The van der Waals surface area contributed by atoms with Crippen LogP contribution in [-0.4, -0.2) is 54.7 Å².